The quantitative estimate of drug-likeness (QED) is 0.255. The van der Waals surface area contributed by atoms with E-state index in [0.717, 1.165) is 11.4 Å². The van der Waals surface area contributed by atoms with Crippen molar-refractivity contribution >= 4 is 40.5 Å². The van der Waals surface area contributed by atoms with Crippen LogP contribution in [0, 0.1) is 0 Å². The highest BCUT2D eigenvalue weighted by Gasteiger charge is 2.07. The molecule has 0 bridgehead atoms. The van der Waals surface area contributed by atoms with Crippen molar-refractivity contribution in [3.8, 4) is 11.5 Å². The summed E-state index contributed by atoms with van der Waals surface area (Å²) in [5.74, 6) is 1.58. The monoisotopic (exact) mass is 481 g/mol. The first-order valence-electron chi connectivity index (χ1n) is 10.9. The van der Waals surface area contributed by atoms with Gasteiger partial charge in [-0.05, 0) is 54.6 Å². The number of amides is 2. The van der Waals surface area contributed by atoms with Crippen LogP contribution in [-0.2, 0) is 4.79 Å². The smallest absolute Gasteiger partial charge is 0.269 e. The van der Waals surface area contributed by atoms with E-state index in [9.17, 15) is 9.59 Å². The van der Waals surface area contributed by atoms with Crippen LogP contribution in [0.4, 0.5) is 28.7 Å². The van der Waals surface area contributed by atoms with Gasteiger partial charge in [-0.25, -0.2) is 4.98 Å². The van der Waals surface area contributed by atoms with Crippen molar-refractivity contribution in [1.82, 2.24) is 20.3 Å². The van der Waals surface area contributed by atoms with E-state index in [0.29, 0.717) is 28.8 Å². The summed E-state index contributed by atoms with van der Waals surface area (Å²) in [5, 5.41) is 11.6. The number of benzene rings is 2. The van der Waals surface area contributed by atoms with Gasteiger partial charge in [-0.2, -0.15) is 0 Å². The summed E-state index contributed by atoms with van der Waals surface area (Å²) in [5.41, 5.74) is 2.42. The van der Waals surface area contributed by atoms with Gasteiger partial charge in [0.25, 0.3) is 5.91 Å². The van der Waals surface area contributed by atoms with Crippen molar-refractivity contribution < 1.29 is 14.3 Å². The zero-order chi connectivity index (χ0) is 25.3. The predicted molar refractivity (Wildman–Crippen MR) is 138 cm³/mol. The third kappa shape index (κ3) is 6.41. The van der Waals surface area contributed by atoms with Gasteiger partial charge in [-0.1, -0.05) is 12.6 Å². The molecule has 0 unspecified atom stereocenters. The summed E-state index contributed by atoms with van der Waals surface area (Å²) in [6, 6.07) is 17.7. The number of pyridine rings is 1. The molecule has 10 nitrogen and oxygen atoms in total. The summed E-state index contributed by atoms with van der Waals surface area (Å²) < 4.78 is 5.83. The third-order valence-corrected chi connectivity index (χ3v) is 4.78. The van der Waals surface area contributed by atoms with Gasteiger partial charge in [0.2, 0.25) is 5.91 Å². The Morgan fingerprint density at radius 2 is 1.61 bits per heavy atom. The molecule has 0 saturated heterocycles. The predicted octanol–water partition coefficient (Wildman–Crippen LogP) is 4.64. The van der Waals surface area contributed by atoms with E-state index in [4.69, 9.17) is 4.74 Å². The Hall–Kier alpha value is -5.25. The number of aromatic nitrogens is 3. The second-order valence-electron chi connectivity index (χ2n) is 7.40. The van der Waals surface area contributed by atoms with E-state index in [-0.39, 0.29) is 17.5 Å². The lowest BCUT2D eigenvalue weighted by molar-refractivity contribution is -0.111. The van der Waals surface area contributed by atoms with Crippen LogP contribution in [0.15, 0.2) is 91.9 Å². The van der Waals surface area contributed by atoms with Crippen LogP contribution in [0.3, 0.4) is 0 Å². The van der Waals surface area contributed by atoms with E-state index in [1.54, 1.807) is 55.8 Å². The maximum atomic E-state index is 11.8. The number of nitrogens with one attached hydrogen (secondary N) is 4. The Balaban J connectivity index is 1.40. The lowest BCUT2D eigenvalue weighted by Crippen LogP contribution is -2.18. The first-order chi connectivity index (χ1) is 17.5. The SMILES string of the molecule is C=CC(=O)Nc1cccc(Nc2cncc(Nc3ccc(Oc4ccnc(C(=O)NC)c4)cc3)n2)c1. The first-order valence-corrected chi connectivity index (χ1v) is 10.9. The Morgan fingerprint density at radius 3 is 2.33 bits per heavy atom. The molecule has 4 rings (SSSR count). The van der Waals surface area contributed by atoms with Crippen LogP contribution in [0.5, 0.6) is 11.5 Å². The number of ether oxygens (including phenoxy) is 1. The van der Waals surface area contributed by atoms with E-state index >= 15 is 0 Å². The Bertz CT molecular complexity index is 1390. The van der Waals surface area contributed by atoms with Gasteiger partial charge in [-0.15, -0.1) is 0 Å². The van der Waals surface area contributed by atoms with Crippen molar-refractivity contribution in [3.63, 3.8) is 0 Å². The van der Waals surface area contributed by atoms with Crippen LogP contribution >= 0.6 is 0 Å². The highest BCUT2D eigenvalue weighted by Crippen LogP contribution is 2.25. The molecule has 2 amide bonds. The normalized spacial score (nSPS) is 10.1. The summed E-state index contributed by atoms with van der Waals surface area (Å²) in [6.45, 7) is 3.45. The van der Waals surface area contributed by atoms with Gasteiger partial charge < -0.3 is 26.0 Å². The number of hydrogen-bond acceptors (Lipinski definition) is 8. The van der Waals surface area contributed by atoms with Crippen LogP contribution in [0.25, 0.3) is 0 Å². The number of carbonyl (C=O) groups is 2. The molecule has 10 heteroatoms. The van der Waals surface area contributed by atoms with E-state index < -0.39 is 0 Å². The molecule has 4 N–H and O–H groups in total. The molecule has 0 aliphatic rings. The fourth-order valence-electron chi connectivity index (χ4n) is 3.12. The van der Waals surface area contributed by atoms with Crippen molar-refractivity contribution in [3.05, 3.63) is 97.6 Å². The molecule has 0 atom stereocenters. The highest BCUT2D eigenvalue weighted by molar-refractivity contribution is 5.99. The van der Waals surface area contributed by atoms with E-state index in [1.165, 1.54) is 12.3 Å². The number of hydrogen-bond donors (Lipinski definition) is 4. The minimum Gasteiger partial charge on any atom is -0.457 e. The van der Waals surface area contributed by atoms with Gasteiger partial charge in [-0.3, -0.25) is 19.6 Å². The fraction of sp³-hybridized carbons (Fsp3) is 0.0385. The molecule has 2 aromatic heterocycles. The van der Waals surface area contributed by atoms with Gasteiger partial charge in [0.15, 0.2) is 11.6 Å². The molecule has 0 aliphatic carbocycles. The summed E-state index contributed by atoms with van der Waals surface area (Å²) in [6.07, 6.45) is 5.93. The Kier molecular flexibility index (Phi) is 7.47. The van der Waals surface area contributed by atoms with Gasteiger partial charge in [0, 0.05) is 36.4 Å². The molecule has 0 spiro atoms. The van der Waals surface area contributed by atoms with Crippen LogP contribution in [0.1, 0.15) is 10.5 Å². The highest BCUT2D eigenvalue weighted by atomic mass is 16.5. The van der Waals surface area contributed by atoms with E-state index in [2.05, 4.69) is 42.8 Å². The zero-order valence-electron chi connectivity index (χ0n) is 19.4. The molecular weight excluding hydrogens is 458 g/mol. The maximum Gasteiger partial charge on any atom is 0.269 e. The molecule has 2 aromatic carbocycles. The van der Waals surface area contributed by atoms with Crippen LogP contribution in [0.2, 0.25) is 0 Å². The van der Waals surface area contributed by atoms with Crippen LogP contribution in [-0.4, -0.2) is 33.8 Å². The number of rotatable bonds is 9. The average Bonchev–Trinajstić information content (AvgIpc) is 2.90. The molecule has 180 valence electrons. The minimum atomic E-state index is -0.288. The molecule has 0 saturated carbocycles. The minimum absolute atomic E-state index is 0.272. The standard InChI is InChI=1S/C26H23N7O3/c1-3-25(34)32-19-6-4-5-18(13-19)31-24-16-28-15-23(33-24)30-17-7-9-20(10-8-17)36-21-11-12-29-22(14-21)26(35)27-2/h3-16H,1H2,2H3,(H,27,35)(H,32,34)(H2,30,31,33). The number of anilines is 5. The Labute approximate surface area is 207 Å². The third-order valence-electron chi connectivity index (χ3n) is 4.78. The first kappa shape index (κ1) is 23.9. The topological polar surface area (TPSA) is 130 Å². The maximum absolute atomic E-state index is 11.8. The molecular formula is C26H23N7O3. The van der Waals surface area contributed by atoms with Crippen molar-refractivity contribution in [1.29, 1.82) is 0 Å². The molecule has 2 heterocycles. The lowest BCUT2D eigenvalue weighted by Gasteiger charge is -2.11. The molecule has 0 fully saturated rings. The number of nitrogens with zero attached hydrogens (tertiary/aromatic N) is 3. The van der Waals surface area contributed by atoms with Gasteiger partial charge in [0.05, 0.1) is 12.4 Å². The molecule has 0 radical (unpaired) electrons. The summed E-state index contributed by atoms with van der Waals surface area (Å²) in [7, 11) is 1.54. The summed E-state index contributed by atoms with van der Waals surface area (Å²) in [4.78, 5) is 36.1. The fourth-order valence-corrected chi connectivity index (χ4v) is 3.12. The Morgan fingerprint density at radius 1 is 0.889 bits per heavy atom. The second-order valence-corrected chi connectivity index (χ2v) is 7.40. The molecule has 36 heavy (non-hydrogen) atoms. The van der Waals surface area contributed by atoms with E-state index in [1.807, 2.05) is 24.3 Å². The van der Waals surface area contributed by atoms with Gasteiger partial charge >= 0.3 is 0 Å². The molecule has 0 aliphatic heterocycles. The second kappa shape index (κ2) is 11.3. The molecule has 4 aromatic rings. The lowest BCUT2D eigenvalue weighted by atomic mass is 10.2. The van der Waals surface area contributed by atoms with Crippen molar-refractivity contribution in [2.45, 2.75) is 0 Å². The summed E-state index contributed by atoms with van der Waals surface area (Å²) >= 11 is 0. The van der Waals surface area contributed by atoms with Crippen molar-refractivity contribution in [2.24, 2.45) is 0 Å². The average molecular weight is 482 g/mol. The van der Waals surface area contributed by atoms with Gasteiger partial charge in [0.1, 0.15) is 17.2 Å². The van der Waals surface area contributed by atoms with Crippen molar-refractivity contribution in [2.75, 3.05) is 23.0 Å². The largest absolute Gasteiger partial charge is 0.457 e. The number of carbonyl (C=O) groups excluding carboxylic acids is 2. The zero-order valence-corrected chi connectivity index (χ0v) is 19.4. The van der Waals surface area contributed by atoms with Crippen LogP contribution < -0.4 is 26.0 Å².